The summed E-state index contributed by atoms with van der Waals surface area (Å²) in [6, 6.07) is 12.3. The highest BCUT2D eigenvalue weighted by Crippen LogP contribution is 2.21. The number of rotatable bonds is 6. The van der Waals surface area contributed by atoms with E-state index in [-0.39, 0.29) is 10.5 Å². The van der Waals surface area contributed by atoms with E-state index in [2.05, 4.69) is 21.2 Å². The monoisotopic (exact) mass is 440 g/mol. The van der Waals surface area contributed by atoms with Crippen LogP contribution < -0.4 is 5.32 Å². The van der Waals surface area contributed by atoms with E-state index in [9.17, 15) is 18.0 Å². The fourth-order valence-corrected chi connectivity index (χ4v) is 3.22. The lowest BCUT2D eigenvalue weighted by molar-refractivity contribution is -0.119. The average molecular weight is 441 g/mol. The zero-order chi connectivity index (χ0) is 19.3. The van der Waals surface area contributed by atoms with Gasteiger partial charge in [0.1, 0.15) is 0 Å². The molecule has 0 spiro atoms. The number of sulfonamides is 1. The second-order valence-corrected chi connectivity index (χ2v) is 8.42. The van der Waals surface area contributed by atoms with Gasteiger partial charge in [-0.2, -0.15) is 0 Å². The number of ether oxygens (including phenoxy) is 1. The van der Waals surface area contributed by atoms with Gasteiger partial charge in [0, 0.05) is 18.6 Å². The highest BCUT2D eigenvalue weighted by Gasteiger charge is 2.18. The molecule has 0 bridgehead atoms. The third-order valence-electron chi connectivity index (χ3n) is 3.35. The van der Waals surface area contributed by atoms with E-state index in [1.54, 1.807) is 24.3 Å². The predicted molar refractivity (Wildman–Crippen MR) is 100 cm³/mol. The summed E-state index contributed by atoms with van der Waals surface area (Å²) in [5.41, 5.74) is 0.711. The lowest BCUT2D eigenvalue weighted by Gasteiger charge is -2.11. The van der Waals surface area contributed by atoms with Crippen LogP contribution in [-0.4, -0.2) is 45.3 Å². The summed E-state index contributed by atoms with van der Waals surface area (Å²) in [4.78, 5) is 23.9. The van der Waals surface area contributed by atoms with Gasteiger partial charge in [0.25, 0.3) is 5.91 Å². The molecule has 26 heavy (non-hydrogen) atoms. The van der Waals surface area contributed by atoms with Crippen molar-refractivity contribution in [2.45, 2.75) is 4.90 Å². The topological polar surface area (TPSA) is 92.8 Å². The van der Waals surface area contributed by atoms with Crippen molar-refractivity contribution in [1.29, 1.82) is 0 Å². The first-order valence-corrected chi connectivity index (χ1v) is 9.69. The van der Waals surface area contributed by atoms with E-state index in [1.807, 2.05) is 0 Å². The molecule has 0 aliphatic heterocycles. The molecule has 0 radical (unpaired) electrons. The number of benzene rings is 2. The van der Waals surface area contributed by atoms with Crippen molar-refractivity contribution in [3.8, 4) is 0 Å². The molecule has 0 aliphatic rings. The number of hydrogen-bond acceptors (Lipinski definition) is 5. The van der Waals surface area contributed by atoms with Gasteiger partial charge >= 0.3 is 5.97 Å². The van der Waals surface area contributed by atoms with E-state index in [0.29, 0.717) is 10.2 Å². The first-order valence-electron chi connectivity index (χ1n) is 7.46. The number of carbonyl (C=O) groups excluding carboxylic acids is 2. The number of esters is 1. The van der Waals surface area contributed by atoms with Crippen molar-refractivity contribution in [1.82, 2.24) is 4.31 Å². The summed E-state index contributed by atoms with van der Waals surface area (Å²) >= 11 is 3.30. The Balaban J connectivity index is 1.96. The Morgan fingerprint density at radius 2 is 1.69 bits per heavy atom. The molecular weight excluding hydrogens is 424 g/mol. The van der Waals surface area contributed by atoms with Crippen molar-refractivity contribution >= 4 is 43.5 Å². The van der Waals surface area contributed by atoms with Crippen LogP contribution in [0, 0.1) is 0 Å². The van der Waals surface area contributed by atoms with Gasteiger partial charge < -0.3 is 10.1 Å². The van der Waals surface area contributed by atoms with E-state index in [1.165, 1.54) is 38.4 Å². The highest BCUT2D eigenvalue weighted by atomic mass is 79.9. The van der Waals surface area contributed by atoms with Gasteiger partial charge in [-0.3, -0.25) is 4.79 Å². The normalized spacial score (nSPS) is 11.2. The quantitative estimate of drug-likeness (QED) is 0.696. The van der Waals surface area contributed by atoms with E-state index < -0.39 is 28.5 Å². The summed E-state index contributed by atoms with van der Waals surface area (Å²) in [6.45, 7) is -0.460. The molecular formula is C17H17BrN2O5S. The smallest absolute Gasteiger partial charge is 0.338 e. The average Bonchev–Trinajstić information content (AvgIpc) is 2.61. The van der Waals surface area contributed by atoms with E-state index in [4.69, 9.17) is 4.74 Å². The van der Waals surface area contributed by atoms with Crippen LogP contribution in [0.15, 0.2) is 57.9 Å². The van der Waals surface area contributed by atoms with Gasteiger partial charge in [-0.05, 0) is 52.3 Å². The largest absolute Gasteiger partial charge is 0.452 e. The van der Waals surface area contributed by atoms with Crippen LogP contribution in [0.25, 0.3) is 0 Å². The number of nitrogens with zero attached hydrogens (tertiary/aromatic N) is 1. The van der Waals surface area contributed by atoms with Crippen LogP contribution in [-0.2, 0) is 19.6 Å². The molecule has 0 aliphatic carbocycles. The van der Waals surface area contributed by atoms with E-state index >= 15 is 0 Å². The van der Waals surface area contributed by atoms with Crippen LogP contribution in [0.2, 0.25) is 0 Å². The molecule has 2 aromatic rings. The van der Waals surface area contributed by atoms with Gasteiger partial charge in [0.15, 0.2) is 6.61 Å². The molecule has 0 fully saturated rings. The molecule has 138 valence electrons. The van der Waals surface area contributed by atoms with Crippen molar-refractivity contribution in [2.75, 3.05) is 26.0 Å². The number of nitrogens with one attached hydrogen (secondary N) is 1. The molecule has 1 N–H and O–H groups in total. The summed E-state index contributed by atoms with van der Waals surface area (Å²) in [5, 5.41) is 2.61. The summed E-state index contributed by atoms with van der Waals surface area (Å²) in [5.74, 6) is -1.21. The van der Waals surface area contributed by atoms with Crippen LogP contribution in [0.1, 0.15) is 10.4 Å². The molecule has 2 rings (SSSR count). The van der Waals surface area contributed by atoms with Gasteiger partial charge in [-0.1, -0.05) is 12.1 Å². The zero-order valence-corrected chi connectivity index (χ0v) is 16.5. The summed E-state index contributed by atoms with van der Waals surface area (Å²) in [7, 11) is -0.735. The number of anilines is 1. The third-order valence-corrected chi connectivity index (χ3v) is 5.87. The lowest BCUT2D eigenvalue weighted by atomic mass is 10.2. The van der Waals surface area contributed by atoms with Crippen molar-refractivity contribution in [3.05, 3.63) is 58.6 Å². The van der Waals surface area contributed by atoms with Crippen LogP contribution in [0.4, 0.5) is 5.69 Å². The minimum Gasteiger partial charge on any atom is -0.452 e. The Morgan fingerprint density at radius 3 is 2.27 bits per heavy atom. The fraction of sp³-hybridized carbons (Fsp3) is 0.176. The van der Waals surface area contributed by atoms with Crippen molar-refractivity contribution < 1.29 is 22.7 Å². The Kier molecular flexibility index (Phi) is 6.52. The van der Waals surface area contributed by atoms with E-state index in [0.717, 1.165) is 4.31 Å². The summed E-state index contributed by atoms with van der Waals surface area (Å²) in [6.07, 6.45) is 0. The standard InChI is InChI=1S/C17H17BrN2O5S/c1-20(2)26(23,24)13-9-7-12(8-10-13)17(22)25-11-16(21)19-15-6-4-3-5-14(15)18/h3-10H,11H2,1-2H3,(H,19,21). The lowest BCUT2D eigenvalue weighted by Crippen LogP contribution is -2.22. The van der Waals surface area contributed by atoms with Crippen molar-refractivity contribution in [3.63, 3.8) is 0 Å². The molecule has 0 saturated heterocycles. The Hall–Kier alpha value is -2.23. The van der Waals surface area contributed by atoms with Gasteiger partial charge in [-0.25, -0.2) is 17.5 Å². The predicted octanol–water partition coefficient (Wildman–Crippen LogP) is 2.49. The second-order valence-electron chi connectivity index (χ2n) is 5.42. The molecule has 1 amide bonds. The molecule has 9 heteroatoms. The number of para-hydroxylation sites is 1. The third kappa shape index (κ3) is 4.90. The van der Waals surface area contributed by atoms with Crippen LogP contribution in [0.5, 0.6) is 0 Å². The zero-order valence-electron chi connectivity index (χ0n) is 14.1. The first-order chi connectivity index (χ1) is 12.2. The fourth-order valence-electron chi connectivity index (χ4n) is 1.94. The van der Waals surface area contributed by atoms with Crippen molar-refractivity contribution in [2.24, 2.45) is 0 Å². The SMILES string of the molecule is CN(C)S(=O)(=O)c1ccc(C(=O)OCC(=O)Nc2ccccc2Br)cc1. The molecule has 0 unspecified atom stereocenters. The maximum atomic E-state index is 12.0. The minimum atomic E-state index is -3.57. The number of halogens is 1. The Bertz CT molecular complexity index is 911. The molecule has 0 heterocycles. The highest BCUT2D eigenvalue weighted by molar-refractivity contribution is 9.10. The summed E-state index contributed by atoms with van der Waals surface area (Å²) < 4.78 is 30.7. The minimum absolute atomic E-state index is 0.0609. The van der Waals surface area contributed by atoms with Gasteiger partial charge in [-0.15, -0.1) is 0 Å². The number of carbonyl (C=O) groups is 2. The molecule has 0 atom stereocenters. The Morgan fingerprint density at radius 1 is 1.08 bits per heavy atom. The van der Waals surface area contributed by atoms with Crippen LogP contribution >= 0.6 is 15.9 Å². The van der Waals surface area contributed by atoms with Crippen LogP contribution in [0.3, 0.4) is 0 Å². The number of hydrogen-bond donors (Lipinski definition) is 1. The second kappa shape index (κ2) is 8.43. The van der Waals surface area contributed by atoms with Gasteiger partial charge in [0.05, 0.1) is 16.1 Å². The molecule has 0 aromatic heterocycles. The molecule has 0 saturated carbocycles. The molecule has 7 nitrogen and oxygen atoms in total. The Labute approximate surface area is 160 Å². The maximum Gasteiger partial charge on any atom is 0.338 e. The number of amides is 1. The first kappa shape index (κ1) is 20.1. The maximum absolute atomic E-state index is 12.0. The molecule has 2 aromatic carbocycles. The van der Waals surface area contributed by atoms with Gasteiger partial charge in [0.2, 0.25) is 10.0 Å².